The zero-order valence-corrected chi connectivity index (χ0v) is 22.6. The fraction of sp³-hybridized carbons (Fsp3) is 0.440. The van der Waals surface area contributed by atoms with Crippen LogP contribution in [0.15, 0.2) is 30.7 Å². The van der Waals surface area contributed by atoms with E-state index in [2.05, 4.69) is 36.1 Å². The standard InChI is InChI=1S/C25H32FN9O4/c1-7-38-14-19(15(2)31-24(36)39-25(3,4)5)33-22-18(26)10-16(12-27)21(34-22)32-17-11-20(23(37-6)28-13-17)35-29-8-9-30-35/h8-11,13,15,19H,7,14H2,1-6H3,(H,31,36)(H2,32,33,34)/t15-,19+/m0/s1. The van der Waals surface area contributed by atoms with E-state index in [4.69, 9.17) is 14.2 Å². The van der Waals surface area contributed by atoms with Crippen molar-refractivity contribution in [2.24, 2.45) is 0 Å². The molecule has 0 radical (unpaired) electrons. The van der Waals surface area contributed by atoms with Gasteiger partial charge in [0, 0.05) is 6.61 Å². The van der Waals surface area contributed by atoms with Gasteiger partial charge in [-0.1, -0.05) is 0 Å². The zero-order valence-electron chi connectivity index (χ0n) is 22.6. The van der Waals surface area contributed by atoms with E-state index in [1.807, 2.05) is 13.0 Å². The minimum Gasteiger partial charge on any atom is -0.479 e. The van der Waals surface area contributed by atoms with Gasteiger partial charge in [0.25, 0.3) is 0 Å². The van der Waals surface area contributed by atoms with E-state index in [0.29, 0.717) is 18.0 Å². The van der Waals surface area contributed by atoms with Crippen LogP contribution in [0.4, 0.5) is 26.5 Å². The Bertz CT molecular complexity index is 1310. The molecule has 0 aliphatic heterocycles. The number of hydrogen-bond donors (Lipinski definition) is 3. The molecule has 0 saturated carbocycles. The second kappa shape index (κ2) is 12.8. The highest BCUT2D eigenvalue weighted by molar-refractivity contribution is 5.69. The summed E-state index contributed by atoms with van der Waals surface area (Å²) in [6.45, 7) is 9.36. The summed E-state index contributed by atoms with van der Waals surface area (Å²) in [5.74, 6) is -0.542. The lowest BCUT2D eigenvalue weighted by atomic mass is 10.1. The van der Waals surface area contributed by atoms with Crippen molar-refractivity contribution < 1.29 is 23.4 Å². The summed E-state index contributed by atoms with van der Waals surface area (Å²) in [5, 5.41) is 26.5. The summed E-state index contributed by atoms with van der Waals surface area (Å²) < 4.78 is 31.2. The molecule has 3 aromatic rings. The van der Waals surface area contributed by atoms with E-state index < -0.39 is 29.6 Å². The van der Waals surface area contributed by atoms with Crippen molar-refractivity contribution in [3.8, 4) is 17.6 Å². The average Bonchev–Trinajstić information content (AvgIpc) is 3.41. The highest BCUT2D eigenvalue weighted by Gasteiger charge is 2.25. The molecule has 0 fully saturated rings. The fourth-order valence-corrected chi connectivity index (χ4v) is 3.38. The summed E-state index contributed by atoms with van der Waals surface area (Å²) >= 11 is 0. The number of halogens is 1. The van der Waals surface area contributed by atoms with Gasteiger partial charge in [0.05, 0.1) is 55.6 Å². The number of nitriles is 1. The molecule has 0 bridgehead atoms. The number of alkyl carbamates (subject to hydrolysis) is 1. The molecule has 3 heterocycles. The van der Waals surface area contributed by atoms with E-state index >= 15 is 4.39 Å². The molecule has 0 aliphatic rings. The molecule has 0 saturated heterocycles. The Morgan fingerprint density at radius 1 is 1.23 bits per heavy atom. The molecule has 14 heteroatoms. The van der Waals surface area contributed by atoms with E-state index in [1.165, 1.54) is 30.5 Å². The van der Waals surface area contributed by atoms with Gasteiger partial charge in [-0.2, -0.15) is 15.5 Å². The number of aromatic nitrogens is 5. The smallest absolute Gasteiger partial charge is 0.407 e. The maximum atomic E-state index is 15.0. The van der Waals surface area contributed by atoms with E-state index in [0.717, 1.165) is 6.07 Å². The maximum Gasteiger partial charge on any atom is 0.407 e. The van der Waals surface area contributed by atoms with Crippen molar-refractivity contribution in [2.45, 2.75) is 52.3 Å². The molecular weight excluding hydrogens is 509 g/mol. The Morgan fingerprint density at radius 3 is 2.56 bits per heavy atom. The number of amides is 1. The van der Waals surface area contributed by atoms with E-state index in [1.54, 1.807) is 33.8 Å². The topological polar surface area (TPSA) is 161 Å². The van der Waals surface area contributed by atoms with E-state index in [-0.39, 0.29) is 29.7 Å². The number of pyridine rings is 2. The maximum absolute atomic E-state index is 15.0. The van der Waals surface area contributed by atoms with Gasteiger partial charge in [-0.3, -0.25) is 0 Å². The molecule has 13 nitrogen and oxygen atoms in total. The van der Waals surface area contributed by atoms with Crippen LogP contribution in [0.3, 0.4) is 0 Å². The summed E-state index contributed by atoms with van der Waals surface area (Å²) in [5.41, 5.74) is 0.146. The van der Waals surface area contributed by atoms with Crippen LogP contribution in [0.5, 0.6) is 5.88 Å². The summed E-state index contributed by atoms with van der Waals surface area (Å²) in [6, 6.07) is 3.54. The van der Waals surface area contributed by atoms with Gasteiger partial charge in [0.15, 0.2) is 17.5 Å². The van der Waals surface area contributed by atoms with Crippen LogP contribution in [0, 0.1) is 17.1 Å². The third kappa shape index (κ3) is 7.99. The second-order valence-corrected chi connectivity index (χ2v) is 9.37. The lowest BCUT2D eigenvalue weighted by Crippen LogP contribution is -2.48. The van der Waals surface area contributed by atoms with E-state index in [9.17, 15) is 10.1 Å². The third-order valence-electron chi connectivity index (χ3n) is 5.19. The predicted octanol–water partition coefficient (Wildman–Crippen LogP) is 3.55. The number of nitrogens with one attached hydrogen (secondary N) is 3. The van der Waals surface area contributed by atoms with Gasteiger partial charge in [0.2, 0.25) is 5.88 Å². The highest BCUT2D eigenvalue weighted by atomic mass is 19.1. The number of carbonyl (C=O) groups excluding carboxylic acids is 1. The average molecular weight is 542 g/mol. The van der Waals surface area contributed by atoms with Crippen LogP contribution in [0.1, 0.15) is 40.2 Å². The minimum atomic E-state index is -0.752. The minimum absolute atomic E-state index is 0.0334. The summed E-state index contributed by atoms with van der Waals surface area (Å²) in [4.78, 5) is 22.2. The molecule has 1 amide bonds. The van der Waals surface area contributed by atoms with Crippen molar-refractivity contribution in [1.82, 2.24) is 30.3 Å². The largest absolute Gasteiger partial charge is 0.479 e. The number of hydrogen-bond acceptors (Lipinski definition) is 11. The van der Waals surface area contributed by atoms with Crippen molar-refractivity contribution in [2.75, 3.05) is 31.0 Å². The molecular formula is C25H32FN9O4. The van der Waals surface area contributed by atoms with Gasteiger partial charge < -0.3 is 30.2 Å². The van der Waals surface area contributed by atoms with Gasteiger partial charge in [-0.15, -0.1) is 4.80 Å². The fourth-order valence-electron chi connectivity index (χ4n) is 3.38. The van der Waals surface area contributed by atoms with Crippen molar-refractivity contribution >= 4 is 23.4 Å². The molecule has 3 N–H and O–H groups in total. The van der Waals surface area contributed by atoms with Crippen LogP contribution in [0.25, 0.3) is 5.69 Å². The third-order valence-corrected chi connectivity index (χ3v) is 5.19. The van der Waals surface area contributed by atoms with Gasteiger partial charge in [-0.25, -0.2) is 19.2 Å². The molecule has 0 spiro atoms. The van der Waals surface area contributed by atoms with Crippen LogP contribution in [0.2, 0.25) is 0 Å². The lowest BCUT2D eigenvalue weighted by Gasteiger charge is -2.28. The molecule has 3 aromatic heterocycles. The number of methoxy groups -OCH3 is 1. The van der Waals surface area contributed by atoms with Crippen molar-refractivity contribution in [1.29, 1.82) is 5.26 Å². The summed E-state index contributed by atoms with van der Waals surface area (Å²) in [6.07, 6.45) is 3.85. The number of ether oxygens (including phenoxy) is 3. The molecule has 0 unspecified atom stereocenters. The molecule has 0 aliphatic carbocycles. The Balaban J connectivity index is 1.88. The monoisotopic (exact) mass is 541 g/mol. The van der Waals surface area contributed by atoms with Crippen LogP contribution >= 0.6 is 0 Å². The Hall–Kier alpha value is -4.51. The first-order valence-corrected chi connectivity index (χ1v) is 12.2. The normalized spacial score (nSPS) is 12.7. The Labute approximate surface area is 225 Å². The first-order valence-electron chi connectivity index (χ1n) is 12.2. The first kappa shape index (κ1) is 29.1. The van der Waals surface area contributed by atoms with Gasteiger partial charge in [-0.05, 0) is 46.8 Å². The SMILES string of the molecule is CCOC[C@@H](Nc1nc(Nc2cnc(OC)c(-n3nccn3)c2)c(C#N)cc1F)[C@H](C)NC(=O)OC(C)(C)C. The van der Waals surface area contributed by atoms with Crippen molar-refractivity contribution in [3.63, 3.8) is 0 Å². The summed E-state index contributed by atoms with van der Waals surface area (Å²) in [7, 11) is 1.47. The predicted molar refractivity (Wildman–Crippen MR) is 141 cm³/mol. The Morgan fingerprint density at radius 2 is 1.95 bits per heavy atom. The highest BCUT2D eigenvalue weighted by Crippen LogP contribution is 2.27. The zero-order chi connectivity index (χ0) is 28.6. The molecule has 208 valence electrons. The van der Waals surface area contributed by atoms with Crippen LogP contribution < -0.4 is 20.7 Å². The number of rotatable bonds is 11. The molecule has 0 aromatic carbocycles. The van der Waals surface area contributed by atoms with Crippen LogP contribution in [-0.4, -0.2) is 69.1 Å². The van der Waals surface area contributed by atoms with Gasteiger partial charge in [0.1, 0.15) is 17.4 Å². The first-order chi connectivity index (χ1) is 18.5. The molecule has 3 rings (SSSR count). The van der Waals surface area contributed by atoms with Crippen molar-refractivity contribution in [3.05, 3.63) is 42.1 Å². The second-order valence-electron chi connectivity index (χ2n) is 9.37. The van der Waals surface area contributed by atoms with Gasteiger partial charge >= 0.3 is 6.09 Å². The number of carbonyl (C=O) groups is 1. The number of anilines is 3. The molecule has 39 heavy (non-hydrogen) atoms. The molecule has 2 atom stereocenters. The quantitative estimate of drug-likeness (QED) is 0.325. The lowest BCUT2D eigenvalue weighted by molar-refractivity contribution is 0.0488. The van der Waals surface area contributed by atoms with Crippen LogP contribution in [-0.2, 0) is 9.47 Å². The Kier molecular flexibility index (Phi) is 9.56. The number of nitrogens with zero attached hydrogens (tertiary/aromatic N) is 6.